The van der Waals surface area contributed by atoms with E-state index in [1.54, 1.807) is 0 Å². The van der Waals surface area contributed by atoms with Crippen LogP contribution in [-0.2, 0) is 6.54 Å². The van der Waals surface area contributed by atoms with Crippen molar-refractivity contribution in [2.24, 2.45) is 17.6 Å². The predicted molar refractivity (Wildman–Crippen MR) is 81.7 cm³/mol. The van der Waals surface area contributed by atoms with Crippen LogP contribution in [0, 0.1) is 11.8 Å². The van der Waals surface area contributed by atoms with Crippen molar-refractivity contribution < 1.29 is 4.74 Å². The van der Waals surface area contributed by atoms with Crippen LogP contribution in [-0.4, -0.2) is 31.1 Å². The van der Waals surface area contributed by atoms with Gasteiger partial charge in [0.15, 0.2) is 0 Å². The fourth-order valence-electron chi connectivity index (χ4n) is 2.64. The van der Waals surface area contributed by atoms with Crippen molar-refractivity contribution in [3.63, 3.8) is 0 Å². The van der Waals surface area contributed by atoms with Gasteiger partial charge in [0, 0.05) is 26.2 Å². The van der Waals surface area contributed by atoms with Crippen LogP contribution in [0.4, 0.5) is 0 Å². The van der Waals surface area contributed by atoms with Crippen LogP contribution >= 0.6 is 0 Å². The smallest absolute Gasteiger partial charge is 0.119 e. The maximum absolute atomic E-state index is 5.89. The first-order valence-corrected chi connectivity index (χ1v) is 7.97. The maximum Gasteiger partial charge on any atom is 0.119 e. The molecule has 1 aromatic rings. The fourth-order valence-corrected chi connectivity index (χ4v) is 2.64. The Balaban J connectivity index is 1.43. The lowest BCUT2D eigenvalue weighted by Crippen LogP contribution is -2.32. The number of nitrogens with zero attached hydrogens (tertiary/aromatic N) is 1. The Morgan fingerprint density at radius 3 is 2.40 bits per heavy atom. The Kier molecular flexibility index (Phi) is 4.58. The minimum Gasteiger partial charge on any atom is -0.492 e. The van der Waals surface area contributed by atoms with Gasteiger partial charge in [-0.15, -0.1) is 0 Å². The van der Waals surface area contributed by atoms with Gasteiger partial charge in [0.05, 0.1) is 0 Å². The summed E-state index contributed by atoms with van der Waals surface area (Å²) in [5, 5.41) is 0. The molecule has 0 atom stereocenters. The SMILES string of the molecule is NCc1cccc(OCCN(CC2CC2)CC2CC2)c1. The van der Waals surface area contributed by atoms with Crippen LogP contribution in [0.2, 0.25) is 0 Å². The van der Waals surface area contributed by atoms with Crippen molar-refractivity contribution in [1.29, 1.82) is 0 Å². The molecule has 2 N–H and O–H groups in total. The van der Waals surface area contributed by atoms with Gasteiger partial charge in [0.25, 0.3) is 0 Å². The van der Waals surface area contributed by atoms with E-state index in [4.69, 9.17) is 10.5 Å². The number of rotatable bonds is 9. The summed E-state index contributed by atoms with van der Waals surface area (Å²) in [5.41, 5.74) is 6.79. The van der Waals surface area contributed by atoms with Crippen molar-refractivity contribution in [1.82, 2.24) is 4.90 Å². The molecule has 1 aromatic carbocycles. The third-order valence-electron chi connectivity index (χ3n) is 4.24. The van der Waals surface area contributed by atoms with E-state index in [1.807, 2.05) is 24.3 Å². The van der Waals surface area contributed by atoms with Gasteiger partial charge in [-0.05, 0) is 55.2 Å². The number of benzene rings is 1. The summed E-state index contributed by atoms with van der Waals surface area (Å²) in [6.07, 6.45) is 5.72. The van der Waals surface area contributed by atoms with Crippen LogP contribution in [0.25, 0.3) is 0 Å². The van der Waals surface area contributed by atoms with Crippen molar-refractivity contribution in [2.75, 3.05) is 26.2 Å². The van der Waals surface area contributed by atoms with E-state index < -0.39 is 0 Å². The molecule has 2 aliphatic carbocycles. The zero-order chi connectivity index (χ0) is 13.8. The first-order valence-electron chi connectivity index (χ1n) is 7.97. The van der Waals surface area contributed by atoms with E-state index in [-0.39, 0.29) is 0 Å². The molecule has 0 aromatic heterocycles. The molecule has 0 unspecified atom stereocenters. The van der Waals surface area contributed by atoms with E-state index in [2.05, 4.69) is 4.90 Å². The molecule has 2 fully saturated rings. The highest BCUT2D eigenvalue weighted by molar-refractivity contribution is 5.28. The molecule has 3 heteroatoms. The maximum atomic E-state index is 5.89. The molecular weight excluding hydrogens is 248 g/mol. The van der Waals surface area contributed by atoms with Gasteiger partial charge in [-0.1, -0.05) is 12.1 Å². The standard InChI is InChI=1S/C17H26N2O/c18-11-16-2-1-3-17(10-16)20-9-8-19(12-14-4-5-14)13-15-6-7-15/h1-3,10,14-15H,4-9,11-13,18H2. The average Bonchev–Trinajstić information content (AvgIpc) is 3.35. The third kappa shape index (κ3) is 4.50. The fraction of sp³-hybridized carbons (Fsp3) is 0.647. The summed E-state index contributed by atoms with van der Waals surface area (Å²) in [5.74, 6) is 2.88. The Hall–Kier alpha value is -1.06. The minimum absolute atomic E-state index is 0.576. The summed E-state index contributed by atoms with van der Waals surface area (Å²) in [7, 11) is 0. The number of hydrogen-bond donors (Lipinski definition) is 1. The molecule has 0 saturated heterocycles. The Labute approximate surface area is 122 Å². The van der Waals surface area contributed by atoms with Crippen LogP contribution in [0.1, 0.15) is 31.2 Å². The number of ether oxygens (including phenoxy) is 1. The molecule has 0 amide bonds. The summed E-state index contributed by atoms with van der Waals surface area (Å²) in [6.45, 7) is 4.98. The van der Waals surface area contributed by atoms with Crippen molar-refractivity contribution in [3.05, 3.63) is 29.8 Å². The quantitative estimate of drug-likeness (QED) is 0.752. The highest BCUT2D eigenvalue weighted by atomic mass is 16.5. The van der Waals surface area contributed by atoms with Gasteiger partial charge in [-0.25, -0.2) is 0 Å². The lowest BCUT2D eigenvalue weighted by Gasteiger charge is -2.22. The molecule has 0 bridgehead atoms. The number of hydrogen-bond acceptors (Lipinski definition) is 3. The van der Waals surface area contributed by atoms with Crippen LogP contribution < -0.4 is 10.5 Å². The minimum atomic E-state index is 0.576. The summed E-state index contributed by atoms with van der Waals surface area (Å²) in [4.78, 5) is 2.61. The van der Waals surface area contributed by atoms with Gasteiger partial charge in [-0.2, -0.15) is 0 Å². The first-order chi connectivity index (χ1) is 9.83. The molecule has 3 nitrogen and oxygen atoms in total. The average molecular weight is 274 g/mol. The van der Waals surface area contributed by atoms with Crippen molar-refractivity contribution in [3.8, 4) is 5.75 Å². The molecule has 20 heavy (non-hydrogen) atoms. The van der Waals surface area contributed by atoms with E-state index in [1.165, 1.54) is 38.8 Å². The molecule has 110 valence electrons. The topological polar surface area (TPSA) is 38.5 Å². The highest BCUT2D eigenvalue weighted by Crippen LogP contribution is 2.33. The predicted octanol–water partition coefficient (Wildman–Crippen LogP) is 2.65. The summed E-state index contributed by atoms with van der Waals surface area (Å²) in [6, 6.07) is 8.13. The zero-order valence-electron chi connectivity index (χ0n) is 12.3. The van der Waals surface area contributed by atoms with Crippen molar-refractivity contribution >= 4 is 0 Å². The second kappa shape index (κ2) is 6.59. The molecule has 0 heterocycles. The molecule has 2 aliphatic rings. The van der Waals surface area contributed by atoms with Crippen LogP contribution in [0.15, 0.2) is 24.3 Å². The largest absolute Gasteiger partial charge is 0.492 e. The third-order valence-corrected chi connectivity index (χ3v) is 4.24. The monoisotopic (exact) mass is 274 g/mol. The van der Waals surface area contributed by atoms with Crippen molar-refractivity contribution in [2.45, 2.75) is 32.2 Å². The van der Waals surface area contributed by atoms with Gasteiger partial charge in [0.2, 0.25) is 0 Å². The highest BCUT2D eigenvalue weighted by Gasteiger charge is 2.28. The Morgan fingerprint density at radius 1 is 1.10 bits per heavy atom. The number of nitrogens with two attached hydrogens (primary N) is 1. The van der Waals surface area contributed by atoms with Crippen LogP contribution in [0.5, 0.6) is 5.75 Å². The van der Waals surface area contributed by atoms with Gasteiger partial charge >= 0.3 is 0 Å². The van der Waals surface area contributed by atoms with Gasteiger partial charge in [0.1, 0.15) is 12.4 Å². The molecular formula is C17H26N2O. The summed E-state index contributed by atoms with van der Waals surface area (Å²) < 4.78 is 5.89. The van der Waals surface area contributed by atoms with E-state index in [0.717, 1.165) is 36.3 Å². The Bertz CT molecular complexity index is 413. The summed E-state index contributed by atoms with van der Waals surface area (Å²) >= 11 is 0. The zero-order valence-corrected chi connectivity index (χ0v) is 12.3. The van der Waals surface area contributed by atoms with Gasteiger partial charge in [-0.3, -0.25) is 4.90 Å². The molecule has 0 spiro atoms. The van der Waals surface area contributed by atoms with Gasteiger partial charge < -0.3 is 10.5 Å². The molecule has 2 saturated carbocycles. The second-order valence-corrected chi connectivity index (χ2v) is 6.35. The van der Waals surface area contributed by atoms with E-state index >= 15 is 0 Å². The molecule has 0 aliphatic heterocycles. The Morgan fingerprint density at radius 2 is 1.80 bits per heavy atom. The normalized spacial score (nSPS) is 18.5. The molecule has 0 radical (unpaired) electrons. The first kappa shape index (κ1) is 13.9. The van der Waals surface area contributed by atoms with Crippen LogP contribution in [0.3, 0.4) is 0 Å². The van der Waals surface area contributed by atoms with E-state index in [0.29, 0.717) is 6.54 Å². The van der Waals surface area contributed by atoms with E-state index in [9.17, 15) is 0 Å². The second-order valence-electron chi connectivity index (χ2n) is 6.35. The lowest BCUT2D eigenvalue weighted by molar-refractivity contribution is 0.197. The lowest BCUT2D eigenvalue weighted by atomic mass is 10.2. The molecule has 3 rings (SSSR count).